The molecule has 0 aromatic heterocycles. The Morgan fingerprint density at radius 1 is 1.50 bits per heavy atom. The molecule has 16 heavy (non-hydrogen) atoms. The molecule has 3 heteroatoms. The Morgan fingerprint density at radius 2 is 2.25 bits per heavy atom. The minimum atomic E-state index is 0.232. The van der Waals surface area contributed by atoms with Crippen molar-refractivity contribution < 1.29 is 9.53 Å². The largest absolute Gasteiger partial charge is 0.496 e. The SMILES string of the molecule is COc1ccc(C(=O)CCC2CC2)cc1Br. The summed E-state index contributed by atoms with van der Waals surface area (Å²) >= 11 is 3.39. The van der Waals surface area contributed by atoms with E-state index in [9.17, 15) is 4.79 Å². The van der Waals surface area contributed by atoms with E-state index in [0.717, 1.165) is 28.1 Å². The van der Waals surface area contributed by atoms with Gasteiger partial charge in [-0.3, -0.25) is 4.79 Å². The van der Waals surface area contributed by atoms with Crippen LogP contribution >= 0.6 is 15.9 Å². The van der Waals surface area contributed by atoms with E-state index in [4.69, 9.17) is 4.74 Å². The number of benzene rings is 1. The van der Waals surface area contributed by atoms with Gasteiger partial charge in [0.25, 0.3) is 0 Å². The van der Waals surface area contributed by atoms with Gasteiger partial charge < -0.3 is 4.74 Å². The first kappa shape index (κ1) is 11.6. The molecule has 0 atom stereocenters. The highest BCUT2D eigenvalue weighted by Crippen LogP contribution is 2.34. The summed E-state index contributed by atoms with van der Waals surface area (Å²) in [6.07, 6.45) is 4.32. The fourth-order valence-electron chi connectivity index (χ4n) is 1.73. The zero-order valence-electron chi connectivity index (χ0n) is 9.33. The molecule has 86 valence electrons. The molecule has 2 rings (SSSR count). The van der Waals surface area contributed by atoms with Crippen LogP contribution in [0.3, 0.4) is 0 Å². The molecule has 0 bridgehead atoms. The second kappa shape index (κ2) is 5.00. The molecule has 0 radical (unpaired) electrons. The lowest BCUT2D eigenvalue weighted by Crippen LogP contribution is -2.00. The van der Waals surface area contributed by atoms with Crippen molar-refractivity contribution in [2.75, 3.05) is 7.11 Å². The molecule has 1 fully saturated rings. The third-order valence-electron chi connectivity index (χ3n) is 2.95. The van der Waals surface area contributed by atoms with Crippen LogP contribution < -0.4 is 4.74 Å². The second-order valence-corrected chi connectivity index (χ2v) is 5.11. The lowest BCUT2D eigenvalue weighted by atomic mass is 10.0. The standard InChI is InChI=1S/C13H15BrO2/c1-16-13-7-5-10(8-11(13)14)12(15)6-4-9-2-3-9/h5,7-9H,2-4,6H2,1H3. The molecule has 0 amide bonds. The van der Waals surface area contributed by atoms with E-state index >= 15 is 0 Å². The van der Waals surface area contributed by atoms with Crippen molar-refractivity contribution in [3.05, 3.63) is 28.2 Å². The number of carbonyl (C=O) groups excluding carboxylic acids is 1. The van der Waals surface area contributed by atoms with Crippen molar-refractivity contribution in [3.63, 3.8) is 0 Å². The molecule has 0 spiro atoms. The zero-order chi connectivity index (χ0) is 11.5. The van der Waals surface area contributed by atoms with E-state index in [-0.39, 0.29) is 5.78 Å². The maximum absolute atomic E-state index is 11.9. The quantitative estimate of drug-likeness (QED) is 0.768. The fourth-order valence-corrected chi connectivity index (χ4v) is 2.27. The Bertz CT molecular complexity index is 397. The van der Waals surface area contributed by atoms with Gasteiger partial charge in [0.1, 0.15) is 5.75 Å². The smallest absolute Gasteiger partial charge is 0.162 e. The molecule has 0 saturated heterocycles. The highest BCUT2D eigenvalue weighted by atomic mass is 79.9. The van der Waals surface area contributed by atoms with E-state index in [1.54, 1.807) is 7.11 Å². The van der Waals surface area contributed by atoms with Gasteiger partial charge in [-0.05, 0) is 46.5 Å². The number of hydrogen-bond acceptors (Lipinski definition) is 2. The number of hydrogen-bond donors (Lipinski definition) is 0. The first-order valence-electron chi connectivity index (χ1n) is 5.57. The Kier molecular flexibility index (Phi) is 3.64. The summed E-state index contributed by atoms with van der Waals surface area (Å²) in [5.74, 6) is 1.81. The molecule has 1 saturated carbocycles. The molecular weight excluding hydrogens is 268 g/mol. The molecule has 1 aliphatic rings. The summed E-state index contributed by atoms with van der Waals surface area (Å²) < 4.78 is 5.97. The van der Waals surface area contributed by atoms with E-state index in [0.29, 0.717) is 6.42 Å². The van der Waals surface area contributed by atoms with Crippen LogP contribution in [0.15, 0.2) is 22.7 Å². The number of carbonyl (C=O) groups is 1. The lowest BCUT2D eigenvalue weighted by molar-refractivity contribution is 0.0978. The third-order valence-corrected chi connectivity index (χ3v) is 3.57. The van der Waals surface area contributed by atoms with Crippen LogP contribution in [-0.4, -0.2) is 12.9 Å². The predicted octanol–water partition coefficient (Wildman–Crippen LogP) is 3.83. The third kappa shape index (κ3) is 2.85. The van der Waals surface area contributed by atoms with Gasteiger partial charge >= 0.3 is 0 Å². The van der Waals surface area contributed by atoms with Gasteiger partial charge in [-0.15, -0.1) is 0 Å². The van der Waals surface area contributed by atoms with Gasteiger partial charge in [0, 0.05) is 12.0 Å². The summed E-state index contributed by atoms with van der Waals surface area (Å²) in [7, 11) is 1.62. The van der Waals surface area contributed by atoms with Gasteiger partial charge in [0.05, 0.1) is 11.6 Å². The number of halogens is 1. The van der Waals surface area contributed by atoms with Gasteiger partial charge in [0.2, 0.25) is 0 Å². The summed E-state index contributed by atoms with van der Waals surface area (Å²) in [5.41, 5.74) is 0.772. The summed E-state index contributed by atoms with van der Waals surface area (Å²) in [6.45, 7) is 0. The Morgan fingerprint density at radius 3 is 2.81 bits per heavy atom. The van der Waals surface area contributed by atoms with Gasteiger partial charge in [0.15, 0.2) is 5.78 Å². The Hall–Kier alpha value is -0.830. The average molecular weight is 283 g/mol. The molecule has 1 aliphatic carbocycles. The maximum atomic E-state index is 11.9. The molecule has 0 heterocycles. The van der Waals surface area contributed by atoms with E-state index < -0.39 is 0 Å². The van der Waals surface area contributed by atoms with Crippen LogP contribution in [0.4, 0.5) is 0 Å². The van der Waals surface area contributed by atoms with Crippen molar-refractivity contribution in [2.45, 2.75) is 25.7 Å². The normalized spacial score (nSPS) is 14.9. The topological polar surface area (TPSA) is 26.3 Å². The second-order valence-electron chi connectivity index (χ2n) is 4.25. The van der Waals surface area contributed by atoms with Crippen molar-refractivity contribution in [1.82, 2.24) is 0 Å². The van der Waals surface area contributed by atoms with E-state index in [1.807, 2.05) is 18.2 Å². The molecule has 0 aliphatic heterocycles. The number of ether oxygens (including phenoxy) is 1. The predicted molar refractivity (Wildman–Crippen MR) is 67.0 cm³/mol. The van der Waals surface area contributed by atoms with Gasteiger partial charge in [-0.1, -0.05) is 12.8 Å². The average Bonchev–Trinajstić information content (AvgIpc) is 3.09. The maximum Gasteiger partial charge on any atom is 0.162 e. The minimum Gasteiger partial charge on any atom is -0.496 e. The van der Waals surface area contributed by atoms with Crippen LogP contribution in [-0.2, 0) is 0 Å². The lowest BCUT2D eigenvalue weighted by Gasteiger charge is -2.05. The minimum absolute atomic E-state index is 0.232. The van der Waals surface area contributed by atoms with Crippen molar-refractivity contribution in [1.29, 1.82) is 0 Å². The molecule has 1 aromatic carbocycles. The monoisotopic (exact) mass is 282 g/mol. The van der Waals surface area contributed by atoms with Crippen LogP contribution in [0.25, 0.3) is 0 Å². The van der Waals surface area contributed by atoms with Crippen LogP contribution in [0.2, 0.25) is 0 Å². The van der Waals surface area contributed by atoms with Gasteiger partial charge in [-0.2, -0.15) is 0 Å². The van der Waals surface area contributed by atoms with E-state index in [1.165, 1.54) is 12.8 Å². The summed E-state index contributed by atoms with van der Waals surface area (Å²) in [5, 5.41) is 0. The van der Waals surface area contributed by atoms with Crippen LogP contribution in [0.1, 0.15) is 36.0 Å². The van der Waals surface area contributed by atoms with E-state index in [2.05, 4.69) is 15.9 Å². The number of methoxy groups -OCH3 is 1. The first-order valence-corrected chi connectivity index (χ1v) is 6.36. The number of Topliss-reactive ketones (excluding diaryl/α,β-unsaturated/α-hetero) is 1. The first-order chi connectivity index (χ1) is 7.70. The Balaban J connectivity index is 2.01. The molecule has 0 N–H and O–H groups in total. The highest BCUT2D eigenvalue weighted by Gasteiger charge is 2.22. The Labute approximate surface area is 104 Å². The molecular formula is C13H15BrO2. The van der Waals surface area contributed by atoms with Crippen LogP contribution in [0.5, 0.6) is 5.75 Å². The van der Waals surface area contributed by atoms with Crippen LogP contribution in [0, 0.1) is 5.92 Å². The van der Waals surface area contributed by atoms with Crippen molar-refractivity contribution >= 4 is 21.7 Å². The number of ketones is 1. The van der Waals surface area contributed by atoms with Gasteiger partial charge in [-0.25, -0.2) is 0 Å². The van der Waals surface area contributed by atoms with Crippen molar-refractivity contribution in [3.8, 4) is 5.75 Å². The zero-order valence-corrected chi connectivity index (χ0v) is 10.9. The summed E-state index contributed by atoms with van der Waals surface area (Å²) in [6, 6.07) is 5.50. The molecule has 0 unspecified atom stereocenters. The fraction of sp³-hybridized carbons (Fsp3) is 0.462. The summed E-state index contributed by atoms with van der Waals surface area (Å²) in [4.78, 5) is 11.9. The molecule has 2 nitrogen and oxygen atoms in total. The number of rotatable bonds is 5. The van der Waals surface area contributed by atoms with Crippen molar-refractivity contribution in [2.24, 2.45) is 5.92 Å². The highest BCUT2D eigenvalue weighted by molar-refractivity contribution is 9.10. The molecule has 1 aromatic rings.